The first-order valence-electron chi connectivity index (χ1n) is 8.43. The highest BCUT2D eigenvalue weighted by Crippen LogP contribution is 2.32. The fraction of sp³-hybridized carbons (Fsp3) is 0.733. The van der Waals surface area contributed by atoms with Crippen LogP contribution in [0.25, 0.3) is 0 Å². The van der Waals surface area contributed by atoms with Gasteiger partial charge in [-0.3, -0.25) is 0 Å². The zero-order valence-electron chi connectivity index (χ0n) is 14.6. The number of nitrogens with zero attached hydrogens (tertiary/aromatic N) is 5. The second kappa shape index (κ2) is 7.51. The molecule has 0 aromatic carbocycles. The third-order valence-electron chi connectivity index (χ3n) is 4.61. The molecule has 1 unspecified atom stereocenters. The topological polar surface area (TPSA) is 92.6 Å². The minimum absolute atomic E-state index is 0.0618. The lowest BCUT2D eigenvalue weighted by Crippen LogP contribution is -2.42. The number of likely N-dealkylation sites (tertiary alicyclic amines) is 1. The quantitative estimate of drug-likeness (QED) is 0.628. The Morgan fingerprint density at radius 2 is 2.24 bits per heavy atom. The number of rotatable bonds is 4. The second-order valence-corrected chi connectivity index (χ2v) is 7.61. The highest BCUT2D eigenvalue weighted by atomic mass is 32.2. The summed E-state index contributed by atoms with van der Waals surface area (Å²) in [5.41, 5.74) is -0.429. The Labute approximate surface area is 151 Å². The Morgan fingerprint density at radius 3 is 2.92 bits per heavy atom. The molecule has 1 atom stereocenters. The number of urea groups is 1. The van der Waals surface area contributed by atoms with Gasteiger partial charge in [0, 0.05) is 45.9 Å². The lowest BCUT2D eigenvalue weighted by molar-refractivity contribution is 0.0453. The molecular formula is C15H24N6O3S. The van der Waals surface area contributed by atoms with E-state index in [1.165, 1.54) is 0 Å². The number of hydrogen-bond donors (Lipinski definition) is 1. The van der Waals surface area contributed by atoms with Crippen LogP contribution in [0.3, 0.4) is 0 Å². The summed E-state index contributed by atoms with van der Waals surface area (Å²) < 4.78 is 7.42. The van der Waals surface area contributed by atoms with Crippen LogP contribution in [0.5, 0.6) is 0 Å². The molecule has 3 rings (SSSR count). The lowest BCUT2D eigenvalue weighted by atomic mass is 9.95. The predicted molar refractivity (Wildman–Crippen MR) is 92.4 cm³/mol. The number of aryl methyl sites for hydroxylation is 1. The van der Waals surface area contributed by atoms with Gasteiger partial charge in [0.15, 0.2) is 5.16 Å². The van der Waals surface area contributed by atoms with E-state index in [0.29, 0.717) is 32.6 Å². The van der Waals surface area contributed by atoms with Crippen molar-refractivity contribution in [3.05, 3.63) is 6.33 Å². The van der Waals surface area contributed by atoms with Crippen LogP contribution in [-0.2, 0) is 11.8 Å². The number of amides is 3. The molecule has 2 aliphatic rings. The van der Waals surface area contributed by atoms with Gasteiger partial charge in [0.1, 0.15) is 11.9 Å². The van der Waals surface area contributed by atoms with Gasteiger partial charge >= 0.3 is 12.1 Å². The van der Waals surface area contributed by atoms with Gasteiger partial charge in [0.2, 0.25) is 0 Å². The third-order valence-corrected chi connectivity index (χ3v) is 5.64. The van der Waals surface area contributed by atoms with Crippen molar-refractivity contribution in [1.29, 1.82) is 0 Å². The van der Waals surface area contributed by atoms with E-state index in [1.54, 1.807) is 30.0 Å². The molecule has 9 nitrogen and oxygen atoms in total. The van der Waals surface area contributed by atoms with Crippen molar-refractivity contribution in [3.8, 4) is 0 Å². The predicted octanol–water partition coefficient (Wildman–Crippen LogP) is 0.923. The largest absolute Gasteiger partial charge is 0.441 e. The smallest absolute Gasteiger partial charge is 0.410 e. The number of nitrogens with one attached hydrogen (secondary N) is 1. The molecule has 0 saturated carbocycles. The summed E-state index contributed by atoms with van der Waals surface area (Å²) in [4.78, 5) is 27.5. The summed E-state index contributed by atoms with van der Waals surface area (Å²) >= 11 is 1.56. The Balaban J connectivity index is 1.42. The van der Waals surface area contributed by atoms with Gasteiger partial charge in [-0.25, -0.2) is 9.59 Å². The number of carbonyl (C=O) groups excluding carboxylic acids is 2. The maximum Gasteiger partial charge on any atom is 0.410 e. The summed E-state index contributed by atoms with van der Waals surface area (Å²) in [6.07, 6.45) is 3.71. The fourth-order valence-corrected chi connectivity index (χ4v) is 3.98. The first kappa shape index (κ1) is 17.8. The maximum atomic E-state index is 12.4. The number of thioether (sulfide) groups is 1. The zero-order valence-corrected chi connectivity index (χ0v) is 15.4. The van der Waals surface area contributed by atoms with E-state index in [1.807, 2.05) is 16.5 Å². The molecule has 2 saturated heterocycles. The first-order valence-corrected chi connectivity index (χ1v) is 9.41. The Hall–Kier alpha value is -1.97. The van der Waals surface area contributed by atoms with Crippen LogP contribution in [0.2, 0.25) is 0 Å². The van der Waals surface area contributed by atoms with E-state index < -0.39 is 5.60 Å². The molecule has 1 spiro atoms. The molecule has 3 heterocycles. The molecule has 1 N–H and O–H groups in total. The van der Waals surface area contributed by atoms with E-state index in [2.05, 4.69) is 15.5 Å². The molecular weight excluding hydrogens is 344 g/mol. The van der Waals surface area contributed by atoms with Crippen LogP contribution in [0.1, 0.15) is 19.3 Å². The van der Waals surface area contributed by atoms with Crippen molar-refractivity contribution in [2.45, 2.75) is 30.0 Å². The van der Waals surface area contributed by atoms with E-state index in [-0.39, 0.29) is 12.1 Å². The molecule has 0 radical (unpaired) electrons. The van der Waals surface area contributed by atoms with Gasteiger partial charge in [-0.1, -0.05) is 11.8 Å². The van der Waals surface area contributed by atoms with Crippen LogP contribution < -0.4 is 5.32 Å². The molecule has 1 aromatic rings. The first-order chi connectivity index (χ1) is 12.0. The van der Waals surface area contributed by atoms with Gasteiger partial charge in [-0.2, -0.15) is 0 Å². The van der Waals surface area contributed by atoms with E-state index >= 15 is 0 Å². The zero-order chi connectivity index (χ0) is 17.9. The molecule has 3 amide bonds. The molecule has 0 bridgehead atoms. The van der Waals surface area contributed by atoms with Crippen LogP contribution >= 0.6 is 11.8 Å². The standard InChI is InChI=1S/C15H24N6O3S/c1-19-10-15(24-14(19)23)4-3-7-21(8-5-15)12(22)16-6-9-25-13-18-17-11-20(13)2/h11H,3-10H2,1-2H3,(H,16,22). The SMILES string of the molecule is CN1CC2(CCCN(C(=O)NCCSc3nncn3C)CC2)OC1=O. The average molecular weight is 368 g/mol. The van der Waals surface area contributed by atoms with Gasteiger partial charge in [-0.15, -0.1) is 10.2 Å². The van der Waals surface area contributed by atoms with Gasteiger partial charge < -0.3 is 24.4 Å². The molecule has 10 heteroatoms. The van der Waals surface area contributed by atoms with Crippen molar-refractivity contribution >= 4 is 23.9 Å². The number of likely N-dealkylation sites (N-methyl/N-ethyl adjacent to an activating group) is 1. The Bertz CT molecular complexity index is 639. The summed E-state index contributed by atoms with van der Waals surface area (Å²) in [7, 11) is 3.64. The monoisotopic (exact) mass is 368 g/mol. The molecule has 2 fully saturated rings. The summed E-state index contributed by atoms with van der Waals surface area (Å²) in [5.74, 6) is 0.735. The molecule has 138 valence electrons. The highest BCUT2D eigenvalue weighted by molar-refractivity contribution is 7.99. The second-order valence-electron chi connectivity index (χ2n) is 6.55. The van der Waals surface area contributed by atoms with Gasteiger partial charge in [-0.05, 0) is 12.8 Å². The molecule has 1 aromatic heterocycles. The molecule has 25 heavy (non-hydrogen) atoms. The number of ether oxygens (including phenoxy) is 1. The van der Waals surface area contributed by atoms with Crippen molar-refractivity contribution in [2.75, 3.05) is 39.0 Å². The lowest BCUT2D eigenvalue weighted by Gasteiger charge is -2.25. The summed E-state index contributed by atoms with van der Waals surface area (Å²) in [5, 5.41) is 11.6. The van der Waals surface area contributed by atoms with E-state index in [9.17, 15) is 9.59 Å². The maximum absolute atomic E-state index is 12.4. The van der Waals surface area contributed by atoms with Crippen LogP contribution in [-0.4, -0.2) is 81.3 Å². The van der Waals surface area contributed by atoms with Crippen molar-refractivity contribution in [3.63, 3.8) is 0 Å². The third kappa shape index (κ3) is 4.17. The van der Waals surface area contributed by atoms with Gasteiger partial charge in [0.25, 0.3) is 0 Å². The summed E-state index contributed by atoms with van der Waals surface area (Å²) in [6, 6.07) is -0.0618. The van der Waals surface area contributed by atoms with Crippen LogP contribution in [0, 0.1) is 0 Å². The van der Waals surface area contributed by atoms with Crippen LogP contribution in [0.4, 0.5) is 9.59 Å². The van der Waals surface area contributed by atoms with E-state index in [0.717, 1.165) is 23.8 Å². The summed E-state index contributed by atoms with van der Waals surface area (Å²) in [6.45, 7) is 2.46. The highest BCUT2D eigenvalue weighted by Gasteiger charge is 2.44. The number of hydrogen-bond acceptors (Lipinski definition) is 6. The Morgan fingerprint density at radius 1 is 1.40 bits per heavy atom. The normalized spacial score (nSPS) is 23.7. The van der Waals surface area contributed by atoms with E-state index in [4.69, 9.17) is 4.74 Å². The average Bonchev–Trinajstić information content (AvgIpc) is 3.02. The molecule has 0 aliphatic carbocycles. The molecule has 2 aliphatic heterocycles. The minimum Gasteiger partial charge on any atom is -0.441 e. The van der Waals surface area contributed by atoms with Crippen molar-refractivity contribution in [1.82, 2.24) is 29.9 Å². The van der Waals surface area contributed by atoms with Gasteiger partial charge in [0.05, 0.1) is 6.54 Å². The van der Waals surface area contributed by atoms with Crippen molar-refractivity contribution < 1.29 is 14.3 Å². The van der Waals surface area contributed by atoms with Crippen LogP contribution in [0.15, 0.2) is 11.5 Å². The van der Waals surface area contributed by atoms with Crippen molar-refractivity contribution in [2.24, 2.45) is 7.05 Å². The number of carbonyl (C=O) groups is 2. The fourth-order valence-electron chi connectivity index (χ4n) is 3.24. The number of aromatic nitrogens is 3. The minimum atomic E-state index is -0.429. The Kier molecular flexibility index (Phi) is 5.36.